The van der Waals surface area contributed by atoms with Gasteiger partial charge in [0, 0.05) is 38.1 Å². The molecule has 1 aliphatic rings. The Morgan fingerprint density at radius 1 is 1.29 bits per heavy atom. The van der Waals surface area contributed by atoms with E-state index in [-0.39, 0.29) is 0 Å². The first-order valence-corrected chi connectivity index (χ1v) is 7.66. The molecule has 114 valence electrons. The zero-order valence-corrected chi connectivity index (χ0v) is 12.8. The Kier molecular flexibility index (Phi) is 4.24. The van der Waals surface area contributed by atoms with Crippen molar-refractivity contribution in [3.8, 4) is 0 Å². The van der Waals surface area contributed by atoms with Crippen molar-refractivity contribution in [2.45, 2.75) is 19.4 Å². The molecule has 21 heavy (non-hydrogen) atoms. The number of benzene rings is 1. The van der Waals surface area contributed by atoms with E-state index in [4.69, 9.17) is 0 Å². The van der Waals surface area contributed by atoms with Crippen LogP contribution in [0.1, 0.15) is 23.7 Å². The van der Waals surface area contributed by atoms with Crippen LogP contribution in [-0.4, -0.2) is 64.9 Å². The Morgan fingerprint density at radius 2 is 2.05 bits per heavy atom. The summed E-state index contributed by atoms with van der Waals surface area (Å²) < 4.78 is 0. The minimum atomic E-state index is -0.399. The van der Waals surface area contributed by atoms with E-state index in [1.54, 1.807) is 0 Å². The van der Waals surface area contributed by atoms with Gasteiger partial charge in [-0.2, -0.15) is 5.10 Å². The standard InChI is InChI=1S/C16H24N4O/c1-12-9-15-13(11-17-18-15)10-14(12)16(21)3-4-20-7-5-19(2)6-8-20/h9-11,16,21H,3-8H2,1-2H3,(H,17,18). The molecule has 3 rings (SSSR count). The van der Waals surface area contributed by atoms with Gasteiger partial charge in [-0.05, 0) is 43.7 Å². The Hall–Kier alpha value is -1.43. The molecule has 1 saturated heterocycles. The molecule has 1 unspecified atom stereocenters. The van der Waals surface area contributed by atoms with Crippen molar-refractivity contribution in [1.82, 2.24) is 20.0 Å². The number of fused-ring (bicyclic) bond motifs is 1. The topological polar surface area (TPSA) is 55.4 Å². The van der Waals surface area contributed by atoms with Crippen LogP contribution < -0.4 is 0 Å². The molecular formula is C16H24N4O. The van der Waals surface area contributed by atoms with Gasteiger partial charge in [0.1, 0.15) is 0 Å². The predicted octanol–water partition coefficient (Wildman–Crippen LogP) is 1.54. The van der Waals surface area contributed by atoms with E-state index in [0.29, 0.717) is 0 Å². The molecule has 1 fully saturated rings. The number of hydrogen-bond acceptors (Lipinski definition) is 4. The first kappa shape index (κ1) is 14.5. The normalized spacial score (nSPS) is 19.2. The van der Waals surface area contributed by atoms with Crippen LogP contribution >= 0.6 is 0 Å². The highest BCUT2D eigenvalue weighted by Gasteiger charge is 2.17. The maximum atomic E-state index is 10.5. The van der Waals surface area contributed by atoms with Crippen molar-refractivity contribution in [1.29, 1.82) is 0 Å². The first-order chi connectivity index (χ1) is 10.1. The first-order valence-electron chi connectivity index (χ1n) is 7.66. The molecule has 0 amide bonds. The summed E-state index contributed by atoms with van der Waals surface area (Å²) >= 11 is 0. The number of aromatic nitrogens is 2. The molecule has 5 nitrogen and oxygen atoms in total. The minimum absolute atomic E-state index is 0.399. The van der Waals surface area contributed by atoms with E-state index in [0.717, 1.165) is 61.2 Å². The van der Waals surface area contributed by atoms with E-state index in [2.05, 4.69) is 46.1 Å². The summed E-state index contributed by atoms with van der Waals surface area (Å²) in [6.07, 6.45) is 2.20. The molecule has 1 aromatic heterocycles. The Labute approximate surface area is 125 Å². The SMILES string of the molecule is Cc1cc2[nH]ncc2cc1C(O)CCN1CCN(C)CC1. The third kappa shape index (κ3) is 3.26. The number of nitrogens with zero attached hydrogens (tertiary/aromatic N) is 3. The molecule has 0 bridgehead atoms. The number of nitrogens with one attached hydrogen (secondary N) is 1. The van der Waals surface area contributed by atoms with Gasteiger partial charge in [-0.3, -0.25) is 5.10 Å². The van der Waals surface area contributed by atoms with E-state index in [1.807, 2.05) is 6.20 Å². The number of aliphatic hydroxyl groups is 1. The minimum Gasteiger partial charge on any atom is -0.388 e. The monoisotopic (exact) mass is 288 g/mol. The lowest BCUT2D eigenvalue weighted by molar-refractivity contribution is 0.112. The zero-order chi connectivity index (χ0) is 14.8. The fraction of sp³-hybridized carbons (Fsp3) is 0.562. The van der Waals surface area contributed by atoms with Crippen molar-refractivity contribution in [2.75, 3.05) is 39.8 Å². The van der Waals surface area contributed by atoms with Crippen molar-refractivity contribution in [3.05, 3.63) is 29.5 Å². The summed E-state index contributed by atoms with van der Waals surface area (Å²) in [7, 11) is 2.16. The average Bonchev–Trinajstić information content (AvgIpc) is 2.92. The second kappa shape index (κ2) is 6.13. The highest BCUT2D eigenvalue weighted by Crippen LogP contribution is 2.25. The molecule has 5 heteroatoms. The summed E-state index contributed by atoms with van der Waals surface area (Å²) in [5, 5.41) is 18.6. The van der Waals surface area contributed by atoms with Crippen LogP contribution in [0, 0.1) is 6.92 Å². The van der Waals surface area contributed by atoms with Gasteiger partial charge in [0.05, 0.1) is 17.8 Å². The summed E-state index contributed by atoms with van der Waals surface area (Å²) in [6, 6.07) is 4.12. The predicted molar refractivity (Wildman–Crippen MR) is 84.3 cm³/mol. The molecule has 1 aliphatic heterocycles. The van der Waals surface area contributed by atoms with Crippen LogP contribution in [0.3, 0.4) is 0 Å². The van der Waals surface area contributed by atoms with E-state index < -0.39 is 6.10 Å². The van der Waals surface area contributed by atoms with E-state index >= 15 is 0 Å². The Morgan fingerprint density at radius 3 is 2.81 bits per heavy atom. The van der Waals surface area contributed by atoms with E-state index in [1.165, 1.54) is 0 Å². The molecule has 2 heterocycles. The molecule has 0 saturated carbocycles. The number of aryl methyl sites for hydroxylation is 1. The van der Waals surface area contributed by atoms with Crippen molar-refractivity contribution in [3.63, 3.8) is 0 Å². The van der Waals surface area contributed by atoms with E-state index in [9.17, 15) is 5.11 Å². The van der Waals surface area contributed by atoms with Gasteiger partial charge in [-0.25, -0.2) is 0 Å². The van der Waals surface area contributed by atoms with Crippen molar-refractivity contribution < 1.29 is 5.11 Å². The Balaban J connectivity index is 1.63. The molecule has 2 N–H and O–H groups in total. The Bertz CT molecular complexity index is 601. The van der Waals surface area contributed by atoms with Crippen LogP contribution in [0.25, 0.3) is 10.9 Å². The maximum Gasteiger partial charge on any atom is 0.0805 e. The lowest BCUT2D eigenvalue weighted by atomic mass is 9.99. The second-order valence-electron chi connectivity index (χ2n) is 6.12. The number of aliphatic hydroxyl groups excluding tert-OH is 1. The highest BCUT2D eigenvalue weighted by molar-refractivity contribution is 5.79. The van der Waals surface area contributed by atoms with Gasteiger partial charge < -0.3 is 14.9 Å². The summed E-state index contributed by atoms with van der Waals surface area (Å²) in [4.78, 5) is 4.79. The van der Waals surface area contributed by atoms with Crippen LogP contribution in [-0.2, 0) is 0 Å². The lowest BCUT2D eigenvalue weighted by Gasteiger charge is -2.32. The van der Waals surface area contributed by atoms with Crippen LogP contribution in [0.5, 0.6) is 0 Å². The van der Waals surface area contributed by atoms with Gasteiger partial charge in [0.15, 0.2) is 0 Å². The molecule has 1 aromatic carbocycles. The molecular weight excluding hydrogens is 264 g/mol. The number of likely N-dealkylation sites (N-methyl/N-ethyl adjacent to an activating group) is 1. The van der Waals surface area contributed by atoms with Crippen LogP contribution in [0.2, 0.25) is 0 Å². The van der Waals surface area contributed by atoms with Crippen molar-refractivity contribution in [2.24, 2.45) is 0 Å². The lowest BCUT2D eigenvalue weighted by Crippen LogP contribution is -2.44. The van der Waals surface area contributed by atoms with Crippen LogP contribution in [0.4, 0.5) is 0 Å². The maximum absolute atomic E-state index is 10.5. The molecule has 1 atom stereocenters. The third-order valence-electron chi connectivity index (χ3n) is 4.50. The average molecular weight is 288 g/mol. The summed E-state index contributed by atoms with van der Waals surface area (Å²) in [5.74, 6) is 0. The van der Waals surface area contributed by atoms with Gasteiger partial charge >= 0.3 is 0 Å². The van der Waals surface area contributed by atoms with Gasteiger partial charge in [-0.1, -0.05) is 0 Å². The van der Waals surface area contributed by atoms with Crippen LogP contribution in [0.15, 0.2) is 18.3 Å². The number of hydrogen-bond donors (Lipinski definition) is 2. The summed E-state index contributed by atoms with van der Waals surface area (Å²) in [5.41, 5.74) is 3.18. The fourth-order valence-electron chi connectivity index (χ4n) is 3.01. The quantitative estimate of drug-likeness (QED) is 0.896. The zero-order valence-electron chi connectivity index (χ0n) is 12.8. The molecule has 0 spiro atoms. The number of piperazine rings is 1. The fourth-order valence-corrected chi connectivity index (χ4v) is 3.01. The smallest absolute Gasteiger partial charge is 0.0805 e. The number of H-pyrrole nitrogens is 1. The molecule has 0 aliphatic carbocycles. The number of rotatable bonds is 4. The second-order valence-corrected chi connectivity index (χ2v) is 6.12. The summed E-state index contributed by atoms with van der Waals surface area (Å²) in [6.45, 7) is 7.45. The third-order valence-corrected chi connectivity index (χ3v) is 4.50. The van der Waals surface area contributed by atoms with Crippen molar-refractivity contribution >= 4 is 10.9 Å². The van der Waals surface area contributed by atoms with Gasteiger partial charge in [0.2, 0.25) is 0 Å². The highest BCUT2D eigenvalue weighted by atomic mass is 16.3. The van der Waals surface area contributed by atoms with Gasteiger partial charge in [0.25, 0.3) is 0 Å². The van der Waals surface area contributed by atoms with Gasteiger partial charge in [-0.15, -0.1) is 0 Å². The molecule has 2 aromatic rings. The largest absolute Gasteiger partial charge is 0.388 e. The molecule has 0 radical (unpaired) electrons. The number of aromatic amines is 1.